The van der Waals surface area contributed by atoms with Gasteiger partial charge < -0.3 is 40.9 Å². The zero-order chi connectivity index (χ0) is 41.7. The number of likely N-dealkylation sites (N-methyl/N-ethyl adjacent to an activating group) is 1. The highest BCUT2D eigenvalue weighted by atomic mass is 16.2. The van der Waals surface area contributed by atoms with Crippen molar-refractivity contribution in [3.63, 3.8) is 0 Å². The molecule has 1 unspecified atom stereocenters. The molecule has 4 N–H and O–H groups in total. The molecule has 17 heteroatoms. The van der Waals surface area contributed by atoms with Crippen molar-refractivity contribution in [2.45, 2.75) is 44.2 Å². The summed E-state index contributed by atoms with van der Waals surface area (Å²) in [4.78, 5) is 87.4. The average molecular weight is 817 g/mol. The summed E-state index contributed by atoms with van der Waals surface area (Å²) in [6, 6.07) is 12.9. The maximum absolute atomic E-state index is 13.3. The van der Waals surface area contributed by atoms with Crippen molar-refractivity contribution in [3.8, 4) is 0 Å². The zero-order valence-corrected chi connectivity index (χ0v) is 34.0. The molecule has 60 heavy (non-hydrogen) atoms. The number of imide groups is 1. The van der Waals surface area contributed by atoms with Gasteiger partial charge in [0.25, 0.3) is 17.7 Å². The summed E-state index contributed by atoms with van der Waals surface area (Å²) in [5, 5.41) is 5.97. The third-order valence-corrected chi connectivity index (χ3v) is 13.0. The van der Waals surface area contributed by atoms with E-state index >= 15 is 0 Å². The van der Waals surface area contributed by atoms with Crippen molar-refractivity contribution in [2.24, 2.45) is 11.7 Å². The van der Waals surface area contributed by atoms with Gasteiger partial charge in [0.15, 0.2) is 11.5 Å². The molecule has 0 bridgehead atoms. The lowest BCUT2D eigenvalue weighted by Crippen LogP contribution is -2.51. The molecule has 0 spiro atoms. The minimum Gasteiger partial charge on any atom is -0.371 e. The molecule has 2 aromatic carbocycles. The second-order valence-electron chi connectivity index (χ2n) is 16.8. The van der Waals surface area contributed by atoms with Crippen LogP contribution in [0.25, 0.3) is 0 Å². The van der Waals surface area contributed by atoms with E-state index in [-0.39, 0.29) is 23.7 Å². The van der Waals surface area contributed by atoms with E-state index in [0.29, 0.717) is 53.8 Å². The zero-order valence-electron chi connectivity index (χ0n) is 34.0. The fraction of sp³-hybridized carbons (Fsp3) is 0.465. The molecule has 17 nitrogen and oxygen atoms in total. The molecule has 7 heterocycles. The van der Waals surface area contributed by atoms with Gasteiger partial charge in [-0.25, -0.2) is 14.8 Å². The van der Waals surface area contributed by atoms with Gasteiger partial charge in [-0.15, -0.1) is 0 Å². The quantitative estimate of drug-likeness (QED) is 0.241. The minimum atomic E-state index is -0.813. The Hall–Kier alpha value is -6.23. The first-order valence-electron chi connectivity index (χ1n) is 21.0. The van der Waals surface area contributed by atoms with Crippen molar-refractivity contribution in [2.75, 3.05) is 99.1 Å². The number of rotatable bonds is 11. The van der Waals surface area contributed by atoms with E-state index in [1.54, 1.807) is 17.2 Å². The Balaban J connectivity index is 0.740. The Morgan fingerprint density at radius 1 is 0.867 bits per heavy atom. The van der Waals surface area contributed by atoms with E-state index in [0.717, 1.165) is 107 Å². The molecular formula is C43H52N12O5. The van der Waals surface area contributed by atoms with E-state index < -0.39 is 23.8 Å². The van der Waals surface area contributed by atoms with Gasteiger partial charge in [0.1, 0.15) is 11.9 Å². The number of primary amides is 1. The Morgan fingerprint density at radius 2 is 1.62 bits per heavy atom. The topological polar surface area (TPSA) is 184 Å². The lowest BCUT2D eigenvalue weighted by molar-refractivity contribution is -0.125. The fourth-order valence-electron chi connectivity index (χ4n) is 9.41. The van der Waals surface area contributed by atoms with Gasteiger partial charge >= 0.3 is 6.03 Å². The van der Waals surface area contributed by atoms with E-state index in [4.69, 9.17) is 10.7 Å². The van der Waals surface area contributed by atoms with Crippen LogP contribution < -0.4 is 31.1 Å². The lowest BCUT2D eigenvalue weighted by atomic mass is 9.94. The second-order valence-corrected chi connectivity index (χ2v) is 16.8. The van der Waals surface area contributed by atoms with E-state index in [9.17, 15) is 24.0 Å². The summed E-state index contributed by atoms with van der Waals surface area (Å²) in [6.07, 6.45) is 5.45. The number of fused-ring (bicyclic) bond motifs is 1. The van der Waals surface area contributed by atoms with Gasteiger partial charge in [0.2, 0.25) is 5.91 Å². The third kappa shape index (κ3) is 7.57. The second kappa shape index (κ2) is 16.1. The molecular weight excluding hydrogens is 765 g/mol. The van der Waals surface area contributed by atoms with Crippen LogP contribution in [0.5, 0.6) is 0 Å². The van der Waals surface area contributed by atoms with Gasteiger partial charge in [-0.3, -0.25) is 29.0 Å². The highest BCUT2D eigenvalue weighted by molar-refractivity contribution is 6.23. The molecule has 3 aromatic rings. The summed E-state index contributed by atoms with van der Waals surface area (Å²) in [5.41, 5.74) is 9.93. The number of amides is 6. The highest BCUT2D eigenvalue weighted by Gasteiger charge is 2.44. The van der Waals surface area contributed by atoms with Crippen LogP contribution in [0.4, 0.5) is 33.5 Å². The first kappa shape index (κ1) is 39.2. The number of anilines is 5. The number of aromatic nitrogens is 2. The molecule has 1 aromatic heterocycles. The maximum atomic E-state index is 13.3. The first-order chi connectivity index (χ1) is 29.0. The number of nitrogens with two attached hydrogens (primary N) is 1. The first-order valence-corrected chi connectivity index (χ1v) is 21.0. The van der Waals surface area contributed by atoms with Crippen LogP contribution in [-0.4, -0.2) is 150 Å². The fourth-order valence-corrected chi connectivity index (χ4v) is 9.41. The average Bonchev–Trinajstić information content (AvgIpc) is 3.70. The normalized spacial score (nSPS) is 22.7. The molecule has 314 valence electrons. The van der Waals surface area contributed by atoms with Crippen LogP contribution in [0.1, 0.15) is 63.3 Å². The Labute approximate surface area is 349 Å². The summed E-state index contributed by atoms with van der Waals surface area (Å²) in [6.45, 7) is 13.2. The number of piperazine rings is 1. The van der Waals surface area contributed by atoms with Crippen molar-refractivity contribution >= 4 is 58.4 Å². The molecule has 5 fully saturated rings. The van der Waals surface area contributed by atoms with Crippen molar-refractivity contribution in [1.29, 1.82) is 0 Å². The van der Waals surface area contributed by atoms with Crippen LogP contribution in [-0.2, 0) is 4.79 Å². The molecule has 6 aliphatic rings. The molecule has 6 aliphatic heterocycles. The van der Waals surface area contributed by atoms with E-state index in [1.165, 1.54) is 0 Å². The van der Waals surface area contributed by atoms with Gasteiger partial charge in [-0.2, -0.15) is 0 Å². The van der Waals surface area contributed by atoms with E-state index in [1.807, 2.05) is 36.2 Å². The Kier molecular flexibility index (Phi) is 10.5. The largest absolute Gasteiger partial charge is 0.371 e. The van der Waals surface area contributed by atoms with Crippen LogP contribution in [0.15, 0.2) is 60.9 Å². The number of urea groups is 1. The molecule has 2 atom stereocenters. The number of piperidine rings is 2. The standard InChI is InChI=1S/C43H52N12O5/c1-27-5-12-35(40(57)46-27)55-41(58)33-11-10-31(22-34(33)42(55)59)53-24-28(25-53)13-15-50-17-19-51(20-18-50)30-8-6-29(7-9-30)47-39-37(38(44)56)45-23-36(48-39)52-14-3-4-32(26-52)54-21-16-49(2)43(54)60/h6-11,22-23,28,32,35H,1,3-5,12-21,24-26H2,2H3,(H2,44,56)(H,46,57)(H,47,48)/t32-,35?/m1/s1. The summed E-state index contributed by atoms with van der Waals surface area (Å²) in [7, 11) is 1.83. The number of nitrogens with one attached hydrogen (secondary N) is 2. The van der Waals surface area contributed by atoms with Crippen molar-refractivity contribution in [1.82, 2.24) is 34.9 Å². The molecule has 6 amide bonds. The smallest absolute Gasteiger partial charge is 0.320 e. The lowest BCUT2D eigenvalue weighted by Gasteiger charge is -2.43. The van der Waals surface area contributed by atoms with Crippen molar-refractivity contribution in [3.05, 3.63) is 77.8 Å². The summed E-state index contributed by atoms with van der Waals surface area (Å²) < 4.78 is 0. The third-order valence-electron chi connectivity index (χ3n) is 13.0. The summed E-state index contributed by atoms with van der Waals surface area (Å²) >= 11 is 0. The number of hydrogen-bond donors (Lipinski definition) is 3. The monoisotopic (exact) mass is 816 g/mol. The van der Waals surface area contributed by atoms with E-state index in [2.05, 4.69) is 53.9 Å². The van der Waals surface area contributed by atoms with Crippen LogP contribution in [0, 0.1) is 5.92 Å². The Morgan fingerprint density at radius 3 is 2.33 bits per heavy atom. The summed E-state index contributed by atoms with van der Waals surface area (Å²) in [5.74, 6) is -0.348. The van der Waals surface area contributed by atoms with Gasteiger partial charge in [-0.1, -0.05) is 6.58 Å². The van der Waals surface area contributed by atoms with Crippen LogP contribution >= 0.6 is 0 Å². The predicted molar refractivity (Wildman–Crippen MR) is 226 cm³/mol. The number of benzene rings is 2. The molecule has 5 saturated heterocycles. The van der Waals surface area contributed by atoms with Gasteiger partial charge in [-0.05, 0) is 87.0 Å². The number of nitrogens with zero attached hydrogens (tertiary/aromatic N) is 9. The van der Waals surface area contributed by atoms with Gasteiger partial charge in [0, 0.05) is 95.3 Å². The minimum absolute atomic E-state index is 0.0621. The number of carbonyl (C=O) groups excluding carboxylic acids is 5. The molecule has 0 radical (unpaired) electrons. The van der Waals surface area contributed by atoms with Crippen LogP contribution in [0.2, 0.25) is 0 Å². The van der Waals surface area contributed by atoms with Gasteiger partial charge in [0.05, 0.1) is 23.4 Å². The molecule has 9 rings (SSSR count). The highest BCUT2D eigenvalue weighted by Crippen LogP contribution is 2.34. The van der Waals surface area contributed by atoms with Crippen LogP contribution in [0.3, 0.4) is 0 Å². The SMILES string of the molecule is C=C1CCC(N2C(=O)c3ccc(N4CC(CCN5CCN(c6ccc(Nc7nc(N8CCC[C@@H](N9CCN(C)C9=O)C8)cnc7C(N)=O)cc6)CC5)C4)cc3C2=O)C(=O)N1. The number of hydrogen-bond acceptors (Lipinski definition) is 12. The molecule has 0 saturated carbocycles. The Bertz CT molecular complexity index is 2220. The number of carbonyl (C=O) groups is 5. The number of allylic oxidation sites excluding steroid dienone is 1. The maximum Gasteiger partial charge on any atom is 0.320 e. The molecule has 0 aliphatic carbocycles. The predicted octanol–water partition coefficient (Wildman–Crippen LogP) is 2.69. The van der Waals surface area contributed by atoms with Crippen molar-refractivity contribution < 1.29 is 24.0 Å².